The molecular weight excluding hydrogens is 271 g/mol. The molecule has 0 unspecified atom stereocenters. The fraction of sp³-hybridized carbons (Fsp3) is 0.333. The Morgan fingerprint density at radius 1 is 1.43 bits per heavy atom. The quantitative estimate of drug-likeness (QED) is 0.940. The van der Waals surface area contributed by atoms with Gasteiger partial charge in [0.1, 0.15) is 11.6 Å². The molecule has 0 bridgehead atoms. The molecule has 2 amide bonds. The number of aromatic nitrogens is 2. The summed E-state index contributed by atoms with van der Waals surface area (Å²) in [7, 11) is 1.91. The van der Waals surface area contributed by atoms with Crippen LogP contribution in [0.15, 0.2) is 36.7 Å². The monoisotopic (exact) mass is 288 g/mol. The molecule has 0 saturated heterocycles. The third kappa shape index (κ3) is 3.21. The number of anilines is 1. The van der Waals surface area contributed by atoms with Gasteiger partial charge < -0.3 is 14.8 Å². The molecule has 5 nitrogen and oxygen atoms in total. The predicted octanol–water partition coefficient (Wildman–Crippen LogP) is 2.76. The molecule has 1 aromatic heterocycles. The van der Waals surface area contributed by atoms with Gasteiger partial charge in [-0.3, -0.25) is 0 Å². The molecule has 1 aromatic carbocycles. The zero-order valence-corrected chi connectivity index (χ0v) is 11.8. The molecule has 0 spiro atoms. The van der Waals surface area contributed by atoms with Crippen molar-refractivity contribution in [2.24, 2.45) is 7.05 Å². The minimum absolute atomic E-state index is 0.174. The van der Waals surface area contributed by atoms with Crippen molar-refractivity contribution in [1.29, 1.82) is 0 Å². The summed E-state index contributed by atoms with van der Waals surface area (Å²) in [6, 6.07) is 5.86. The Morgan fingerprint density at radius 2 is 2.14 bits per heavy atom. The standard InChI is InChI=1S/C15H17FN4O/c1-19-9-8-17-14(19)10-20(13-6-7-13)15(21)18-12-4-2-11(16)3-5-12/h2-5,8-9,13H,6-7,10H2,1H3,(H,18,21). The minimum Gasteiger partial charge on any atom is -0.337 e. The Hall–Kier alpha value is -2.37. The summed E-state index contributed by atoms with van der Waals surface area (Å²) in [5, 5.41) is 2.81. The van der Waals surface area contributed by atoms with Crippen LogP contribution in [0.4, 0.5) is 14.9 Å². The van der Waals surface area contributed by atoms with Crippen LogP contribution in [0.2, 0.25) is 0 Å². The molecule has 0 aliphatic heterocycles. The number of halogens is 1. The van der Waals surface area contributed by atoms with Crippen molar-refractivity contribution in [2.75, 3.05) is 5.32 Å². The fourth-order valence-electron chi connectivity index (χ4n) is 2.18. The number of hydrogen-bond donors (Lipinski definition) is 1. The molecule has 21 heavy (non-hydrogen) atoms. The topological polar surface area (TPSA) is 50.2 Å². The highest BCUT2D eigenvalue weighted by Crippen LogP contribution is 2.28. The van der Waals surface area contributed by atoms with Crippen molar-refractivity contribution < 1.29 is 9.18 Å². The second-order valence-electron chi connectivity index (χ2n) is 5.25. The highest BCUT2D eigenvalue weighted by Gasteiger charge is 2.33. The Kier molecular flexibility index (Phi) is 3.60. The molecule has 110 valence electrons. The lowest BCUT2D eigenvalue weighted by Crippen LogP contribution is -2.37. The number of nitrogens with zero attached hydrogens (tertiary/aromatic N) is 3. The van der Waals surface area contributed by atoms with E-state index in [1.165, 1.54) is 12.1 Å². The third-order valence-corrected chi connectivity index (χ3v) is 3.58. The average Bonchev–Trinajstić information content (AvgIpc) is 3.22. The predicted molar refractivity (Wildman–Crippen MR) is 77.2 cm³/mol. The number of carbonyl (C=O) groups excluding carboxylic acids is 1. The lowest BCUT2D eigenvalue weighted by Gasteiger charge is -2.22. The summed E-state index contributed by atoms with van der Waals surface area (Å²) in [6.45, 7) is 0.473. The molecule has 1 aliphatic carbocycles. The molecule has 1 N–H and O–H groups in total. The maximum Gasteiger partial charge on any atom is 0.322 e. The summed E-state index contributed by atoms with van der Waals surface area (Å²) >= 11 is 0. The van der Waals surface area contributed by atoms with Gasteiger partial charge in [0.05, 0.1) is 6.54 Å². The van der Waals surface area contributed by atoms with E-state index in [0.29, 0.717) is 12.2 Å². The Morgan fingerprint density at radius 3 is 2.71 bits per heavy atom. The van der Waals surface area contributed by atoms with E-state index >= 15 is 0 Å². The number of nitrogens with one attached hydrogen (secondary N) is 1. The maximum absolute atomic E-state index is 12.9. The van der Waals surface area contributed by atoms with Crippen LogP contribution in [0.1, 0.15) is 18.7 Å². The molecule has 1 fully saturated rings. The summed E-state index contributed by atoms with van der Waals surface area (Å²) < 4.78 is 14.8. The van der Waals surface area contributed by atoms with Crippen LogP contribution in [0.25, 0.3) is 0 Å². The lowest BCUT2D eigenvalue weighted by molar-refractivity contribution is 0.204. The van der Waals surface area contributed by atoms with E-state index in [2.05, 4.69) is 10.3 Å². The van der Waals surface area contributed by atoms with Gasteiger partial charge >= 0.3 is 6.03 Å². The first kappa shape index (κ1) is 13.6. The van der Waals surface area contributed by atoms with Crippen LogP contribution < -0.4 is 5.32 Å². The number of benzene rings is 1. The minimum atomic E-state index is -0.319. The van der Waals surface area contributed by atoms with E-state index < -0.39 is 0 Å². The van der Waals surface area contributed by atoms with Crippen LogP contribution in [0.3, 0.4) is 0 Å². The van der Waals surface area contributed by atoms with Gasteiger partial charge in [0, 0.05) is 31.2 Å². The molecule has 6 heteroatoms. The number of rotatable bonds is 4. The van der Waals surface area contributed by atoms with E-state index in [1.54, 1.807) is 23.2 Å². The van der Waals surface area contributed by atoms with Crippen molar-refractivity contribution in [1.82, 2.24) is 14.5 Å². The first-order valence-electron chi connectivity index (χ1n) is 6.93. The first-order valence-corrected chi connectivity index (χ1v) is 6.93. The largest absolute Gasteiger partial charge is 0.337 e. The van der Waals surface area contributed by atoms with E-state index in [4.69, 9.17) is 0 Å². The van der Waals surface area contributed by atoms with Gasteiger partial charge in [0.15, 0.2) is 0 Å². The zero-order valence-electron chi connectivity index (χ0n) is 11.8. The van der Waals surface area contributed by atoms with Crippen LogP contribution in [-0.2, 0) is 13.6 Å². The van der Waals surface area contributed by atoms with Gasteiger partial charge in [-0.25, -0.2) is 14.2 Å². The van der Waals surface area contributed by atoms with Gasteiger partial charge in [-0.1, -0.05) is 0 Å². The van der Waals surface area contributed by atoms with Crippen molar-refractivity contribution in [3.63, 3.8) is 0 Å². The maximum atomic E-state index is 12.9. The van der Waals surface area contributed by atoms with Crippen LogP contribution in [0, 0.1) is 5.82 Å². The van der Waals surface area contributed by atoms with E-state index in [0.717, 1.165) is 18.7 Å². The number of carbonyl (C=O) groups is 1. The molecule has 0 radical (unpaired) electrons. The highest BCUT2D eigenvalue weighted by atomic mass is 19.1. The third-order valence-electron chi connectivity index (χ3n) is 3.58. The molecule has 1 aliphatic rings. The van der Waals surface area contributed by atoms with E-state index in [9.17, 15) is 9.18 Å². The van der Waals surface area contributed by atoms with Crippen molar-refractivity contribution in [3.05, 3.63) is 48.3 Å². The van der Waals surface area contributed by atoms with Crippen LogP contribution >= 0.6 is 0 Å². The highest BCUT2D eigenvalue weighted by molar-refractivity contribution is 5.89. The zero-order chi connectivity index (χ0) is 14.8. The number of imidazole rings is 1. The number of amides is 2. The van der Waals surface area contributed by atoms with Crippen LogP contribution in [-0.4, -0.2) is 26.5 Å². The average molecular weight is 288 g/mol. The second-order valence-corrected chi connectivity index (χ2v) is 5.25. The first-order chi connectivity index (χ1) is 10.1. The molecule has 0 atom stereocenters. The van der Waals surface area contributed by atoms with Crippen molar-refractivity contribution >= 4 is 11.7 Å². The van der Waals surface area contributed by atoms with E-state index in [1.807, 2.05) is 17.8 Å². The summed E-state index contributed by atoms with van der Waals surface area (Å²) in [6.07, 6.45) is 5.61. The second kappa shape index (κ2) is 5.55. The van der Waals surface area contributed by atoms with Crippen LogP contribution in [0.5, 0.6) is 0 Å². The van der Waals surface area contributed by atoms with Gasteiger partial charge in [-0.05, 0) is 37.1 Å². The summed E-state index contributed by atoms with van der Waals surface area (Å²) in [5.41, 5.74) is 0.590. The number of urea groups is 1. The Balaban J connectivity index is 1.70. The van der Waals surface area contributed by atoms with Gasteiger partial charge in [-0.15, -0.1) is 0 Å². The molecule has 1 saturated carbocycles. The summed E-state index contributed by atoms with van der Waals surface area (Å²) in [4.78, 5) is 18.4. The van der Waals surface area contributed by atoms with Gasteiger partial charge in [-0.2, -0.15) is 0 Å². The Labute approximate surface area is 122 Å². The molecule has 3 rings (SSSR count). The Bertz CT molecular complexity index is 633. The molecule has 2 aromatic rings. The SMILES string of the molecule is Cn1ccnc1CN(C(=O)Nc1ccc(F)cc1)C1CC1. The fourth-order valence-corrected chi connectivity index (χ4v) is 2.18. The van der Waals surface area contributed by atoms with Crippen molar-refractivity contribution in [3.8, 4) is 0 Å². The number of aryl methyl sites for hydroxylation is 1. The molecule has 1 heterocycles. The van der Waals surface area contributed by atoms with Crippen molar-refractivity contribution in [2.45, 2.75) is 25.4 Å². The smallest absolute Gasteiger partial charge is 0.322 e. The van der Waals surface area contributed by atoms with Gasteiger partial charge in [0.2, 0.25) is 0 Å². The molecular formula is C15H17FN4O. The lowest BCUT2D eigenvalue weighted by atomic mass is 10.3. The number of hydrogen-bond acceptors (Lipinski definition) is 2. The van der Waals surface area contributed by atoms with E-state index in [-0.39, 0.29) is 17.9 Å². The normalized spacial score (nSPS) is 14.0. The van der Waals surface area contributed by atoms with Gasteiger partial charge in [0.25, 0.3) is 0 Å². The summed E-state index contributed by atoms with van der Waals surface area (Å²) in [5.74, 6) is 0.524.